The van der Waals surface area contributed by atoms with E-state index in [1.807, 2.05) is 0 Å². The molecule has 0 aliphatic rings. The van der Waals surface area contributed by atoms with E-state index in [1.165, 1.54) is 17.4 Å². The lowest BCUT2D eigenvalue weighted by Crippen LogP contribution is -2.22. The second kappa shape index (κ2) is 6.80. The molecule has 0 spiro atoms. The van der Waals surface area contributed by atoms with Gasteiger partial charge in [0, 0.05) is 29.2 Å². The number of carbonyl (C=O) groups excluding carboxylic acids is 1. The third-order valence-electron chi connectivity index (χ3n) is 2.73. The first-order valence-electron chi connectivity index (χ1n) is 6.29. The highest BCUT2D eigenvalue weighted by Crippen LogP contribution is 2.26. The first-order valence-corrected chi connectivity index (χ1v) is 7.17. The first kappa shape index (κ1) is 14.9. The van der Waals surface area contributed by atoms with E-state index in [-0.39, 0.29) is 17.2 Å². The number of anilines is 1. The van der Waals surface area contributed by atoms with Crippen molar-refractivity contribution in [1.29, 1.82) is 0 Å². The summed E-state index contributed by atoms with van der Waals surface area (Å²) in [4.78, 5) is 27.3. The first-order chi connectivity index (χ1) is 10.1. The minimum atomic E-state index is -0.502. The topological polar surface area (TPSA) is 97.2 Å². The number of nitrogens with zero attached hydrogens (tertiary/aromatic N) is 2. The fourth-order valence-corrected chi connectivity index (χ4v) is 2.28. The summed E-state index contributed by atoms with van der Waals surface area (Å²) in [6.07, 6.45) is 1.70. The van der Waals surface area contributed by atoms with Crippen LogP contribution in [0, 0.1) is 10.1 Å². The molecular formula is C13H14N4O3S. The molecule has 2 aromatic rings. The number of nitro groups is 1. The second-order valence-corrected chi connectivity index (χ2v) is 5.14. The average molecular weight is 306 g/mol. The largest absolute Gasteiger partial charge is 0.375 e. The van der Waals surface area contributed by atoms with Crippen molar-refractivity contribution < 1.29 is 9.72 Å². The quantitative estimate of drug-likeness (QED) is 0.631. The van der Waals surface area contributed by atoms with Crippen molar-refractivity contribution >= 4 is 28.6 Å². The number of hydrogen-bond acceptors (Lipinski definition) is 6. The third kappa shape index (κ3) is 3.76. The van der Waals surface area contributed by atoms with Crippen LogP contribution in [-0.4, -0.2) is 22.4 Å². The lowest BCUT2D eigenvalue weighted by molar-refractivity contribution is -0.384. The smallest absolute Gasteiger partial charge is 0.293 e. The molecule has 0 unspecified atom stereocenters. The second-order valence-electron chi connectivity index (χ2n) is 4.17. The van der Waals surface area contributed by atoms with Crippen molar-refractivity contribution in [3.63, 3.8) is 0 Å². The summed E-state index contributed by atoms with van der Waals surface area (Å²) in [5.41, 5.74) is 2.22. The van der Waals surface area contributed by atoms with E-state index in [0.717, 1.165) is 4.88 Å². The Morgan fingerprint density at radius 3 is 2.90 bits per heavy atom. The zero-order chi connectivity index (χ0) is 15.2. The van der Waals surface area contributed by atoms with Crippen LogP contribution in [0.3, 0.4) is 0 Å². The number of nitro benzene ring substituents is 1. The summed E-state index contributed by atoms with van der Waals surface area (Å²) in [5, 5.41) is 16.7. The van der Waals surface area contributed by atoms with Gasteiger partial charge in [-0.15, -0.1) is 11.3 Å². The summed E-state index contributed by atoms with van der Waals surface area (Å²) in [5.74, 6) is -0.324. The van der Waals surface area contributed by atoms with Gasteiger partial charge in [0.15, 0.2) is 0 Å². The Hall–Kier alpha value is -2.48. The fourth-order valence-electron chi connectivity index (χ4n) is 1.75. The molecule has 1 amide bonds. The summed E-state index contributed by atoms with van der Waals surface area (Å²) in [6, 6.07) is 4.39. The maximum Gasteiger partial charge on any atom is 0.293 e. The van der Waals surface area contributed by atoms with Gasteiger partial charge in [0.2, 0.25) is 0 Å². The number of hydrogen-bond donors (Lipinski definition) is 2. The number of nitrogens with one attached hydrogen (secondary N) is 2. The van der Waals surface area contributed by atoms with Crippen LogP contribution in [-0.2, 0) is 6.54 Å². The van der Waals surface area contributed by atoms with E-state index in [2.05, 4.69) is 15.6 Å². The van der Waals surface area contributed by atoms with Crippen LogP contribution in [0.5, 0.6) is 0 Å². The lowest BCUT2D eigenvalue weighted by atomic mass is 10.1. The Morgan fingerprint density at radius 1 is 1.48 bits per heavy atom. The highest BCUT2D eigenvalue weighted by molar-refractivity contribution is 7.09. The normalized spacial score (nSPS) is 10.1. The number of carbonyl (C=O) groups is 1. The Kier molecular flexibility index (Phi) is 4.83. The molecule has 1 heterocycles. The van der Waals surface area contributed by atoms with Crippen molar-refractivity contribution in [3.8, 4) is 0 Å². The van der Waals surface area contributed by atoms with Crippen LogP contribution in [0.25, 0.3) is 0 Å². The van der Waals surface area contributed by atoms with E-state index in [4.69, 9.17) is 0 Å². The zero-order valence-electron chi connectivity index (χ0n) is 11.3. The van der Waals surface area contributed by atoms with Crippen LogP contribution in [0.15, 0.2) is 29.9 Å². The highest BCUT2D eigenvalue weighted by atomic mass is 32.1. The van der Waals surface area contributed by atoms with E-state index < -0.39 is 4.92 Å². The predicted octanol–water partition coefficient (Wildman–Crippen LogP) is 2.41. The van der Waals surface area contributed by atoms with Gasteiger partial charge in [0.05, 0.1) is 17.0 Å². The molecule has 7 nitrogen and oxygen atoms in total. The van der Waals surface area contributed by atoms with Crippen molar-refractivity contribution in [3.05, 3.63) is 50.5 Å². The number of aromatic nitrogens is 1. The van der Waals surface area contributed by atoms with Gasteiger partial charge in [0.25, 0.3) is 11.6 Å². The van der Waals surface area contributed by atoms with Gasteiger partial charge >= 0.3 is 0 Å². The van der Waals surface area contributed by atoms with Crippen LogP contribution < -0.4 is 10.6 Å². The van der Waals surface area contributed by atoms with Crippen molar-refractivity contribution in [2.24, 2.45) is 0 Å². The molecule has 0 aliphatic carbocycles. The Bertz CT molecular complexity index is 643. The molecule has 0 aliphatic heterocycles. The van der Waals surface area contributed by atoms with Crippen molar-refractivity contribution in [2.75, 3.05) is 11.9 Å². The van der Waals surface area contributed by atoms with E-state index >= 15 is 0 Å². The SMILES string of the molecule is CCNC(=O)c1ccc(NCc2cncs2)c([N+](=O)[O-])c1. The lowest BCUT2D eigenvalue weighted by Gasteiger charge is -2.08. The van der Waals surface area contributed by atoms with Crippen molar-refractivity contribution in [1.82, 2.24) is 10.3 Å². The molecule has 0 saturated heterocycles. The molecule has 1 aromatic heterocycles. The summed E-state index contributed by atoms with van der Waals surface area (Å²) in [6.45, 7) is 2.71. The van der Waals surface area contributed by atoms with E-state index in [1.54, 1.807) is 30.8 Å². The number of amides is 1. The minimum absolute atomic E-state index is 0.122. The molecule has 8 heteroatoms. The Morgan fingerprint density at radius 2 is 2.29 bits per heavy atom. The number of thiazole rings is 1. The third-order valence-corrected chi connectivity index (χ3v) is 3.51. The van der Waals surface area contributed by atoms with Gasteiger partial charge in [0.1, 0.15) is 5.69 Å². The fraction of sp³-hybridized carbons (Fsp3) is 0.231. The molecule has 0 radical (unpaired) electrons. The molecule has 0 fully saturated rings. The summed E-state index contributed by atoms with van der Waals surface area (Å²) < 4.78 is 0. The number of benzene rings is 1. The van der Waals surface area contributed by atoms with Gasteiger partial charge in [-0.3, -0.25) is 19.9 Å². The molecule has 0 bridgehead atoms. The monoisotopic (exact) mass is 306 g/mol. The molecule has 110 valence electrons. The van der Waals surface area contributed by atoms with Crippen molar-refractivity contribution in [2.45, 2.75) is 13.5 Å². The Balaban J connectivity index is 2.20. The van der Waals surface area contributed by atoms with E-state index in [9.17, 15) is 14.9 Å². The number of rotatable bonds is 6. The highest BCUT2D eigenvalue weighted by Gasteiger charge is 2.17. The van der Waals surface area contributed by atoms with Crippen LogP contribution in [0.1, 0.15) is 22.2 Å². The van der Waals surface area contributed by atoms with Gasteiger partial charge in [-0.05, 0) is 19.1 Å². The van der Waals surface area contributed by atoms with Crippen LogP contribution in [0.4, 0.5) is 11.4 Å². The average Bonchev–Trinajstić information content (AvgIpc) is 2.98. The van der Waals surface area contributed by atoms with Gasteiger partial charge < -0.3 is 10.6 Å². The zero-order valence-corrected chi connectivity index (χ0v) is 12.1. The van der Waals surface area contributed by atoms with Gasteiger partial charge in [-0.25, -0.2) is 0 Å². The maximum atomic E-state index is 11.7. The van der Waals surface area contributed by atoms with Gasteiger partial charge in [-0.1, -0.05) is 0 Å². The standard InChI is InChI=1S/C13H14N4O3S/c1-2-15-13(18)9-3-4-11(12(5-9)17(19)20)16-7-10-6-14-8-21-10/h3-6,8,16H,2,7H2,1H3,(H,15,18). The molecule has 2 N–H and O–H groups in total. The molecule has 2 rings (SSSR count). The molecule has 0 atom stereocenters. The van der Waals surface area contributed by atoms with Gasteiger partial charge in [-0.2, -0.15) is 0 Å². The molecule has 21 heavy (non-hydrogen) atoms. The molecular weight excluding hydrogens is 292 g/mol. The Labute approximate surface area is 125 Å². The predicted molar refractivity (Wildman–Crippen MR) is 80.5 cm³/mol. The summed E-state index contributed by atoms with van der Waals surface area (Å²) in [7, 11) is 0. The van der Waals surface area contributed by atoms with Crippen LogP contribution in [0.2, 0.25) is 0 Å². The van der Waals surface area contributed by atoms with E-state index in [0.29, 0.717) is 18.8 Å². The molecule has 0 saturated carbocycles. The minimum Gasteiger partial charge on any atom is -0.375 e. The molecule has 1 aromatic carbocycles. The maximum absolute atomic E-state index is 11.7. The van der Waals surface area contributed by atoms with Crippen LogP contribution >= 0.6 is 11.3 Å². The summed E-state index contributed by atoms with van der Waals surface area (Å²) >= 11 is 1.46.